The van der Waals surface area contributed by atoms with Crippen LogP contribution in [0.4, 0.5) is 0 Å². The van der Waals surface area contributed by atoms with Gasteiger partial charge in [-0.3, -0.25) is 9.69 Å². The first kappa shape index (κ1) is 19.9. The number of hydrogen-bond donors (Lipinski definition) is 0. The average Bonchev–Trinajstić information content (AvgIpc) is 2.94. The lowest BCUT2D eigenvalue weighted by atomic mass is 10.1. The van der Waals surface area contributed by atoms with Gasteiger partial charge in [-0.05, 0) is 48.4 Å². The van der Waals surface area contributed by atoms with Crippen LogP contribution >= 0.6 is 39.9 Å². The predicted molar refractivity (Wildman–Crippen MR) is 117 cm³/mol. The van der Waals surface area contributed by atoms with Crippen molar-refractivity contribution in [2.75, 3.05) is 13.7 Å². The van der Waals surface area contributed by atoms with Gasteiger partial charge in [-0.1, -0.05) is 58.1 Å². The maximum Gasteiger partial charge on any atom is 0.266 e. The van der Waals surface area contributed by atoms with Gasteiger partial charge < -0.3 is 9.47 Å². The van der Waals surface area contributed by atoms with E-state index in [4.69, 9.17) is 21.7 Å². The van der Waals surface area contributed by atoms with Crippen molar-refractivity contribution in [3.8, 4) is 11.5 Å². The van der Waals surface area contributed by atoms with E-state index in [9.17, 15) is 4.79 Å². The van der Waals surface area contributed by atoms with E-state index in [1.54, 1.807) is 12.0 Å². The summed E-state index contributed by atoms with van der Waals surface area (Å²) in [6.07, 6.45) is 1.83. The molecule has 2 aromatic carbocycles. The Bertz CT molecular complexity index is 897. The van der Waals surface area contributed by atoms with Gasteiger partial charge in [0.05, 0.1) is 12.0 Å². The molecule has 2 aromatic rings. The summed E-state index contributed by atoms with van der Waals surface area (Å²) in [6.45, 7) is 2.93. The van der Waals surface area contributed by atoms with Gasteiger partial charge >= 0.3 is 0 Å². The molecule has 0 spiro atoms. The Balaban J connectivity index is 1.76. The fourth-order valence-corrected chi connectivity index (χ4v) is 4.21. The van der Waals surface area contributed by atoms with Gasteiger partial charge in [-0.15, -0.1) is 0 Å². The second kappa shape index (κ2) is 8.91. The van der Waals surface area contributed by atoms with Crippen LogP contribution < -0.4 is 9.47 Å². The van der Waals surface area contributed by atoms with Gasteiger partial charge in [0.1, 0.15) is 10.9 Å². The van der Waals surface area contributed by atoms with Gasteiger partial charge in [0.25, 0.3) is 5.91 Å². The van der Waals surface area contributed by atoms with E-state index < -0.39 is 0 Å². The molecule has 0 aliphatic carbocycles. The quantitative estimate of drug-likeness (QED) is 0.431. The number of halogens is 1. The SMILES string of the molecule is CCN1C(=O)/C(=C/c2ccc(OCc3ccc(Br)cc3)c(OC)c2)SC1=S. The minimum atomic E-state index is -0.0537. The van der Waals surface area contributed by atoms with Crippen LogP contribution in [0, 0.1) is 0 Å². The summed E-state index contributed by atoms with van der Waals surface area (Å²) in [5.74, 6) is 1.22. The minimum Gasteiger partial charge on any atom is -0.493 e. The Morgan fingerprint density at radius 2 is 1.93 bits per heavy atom. The van der Waals surface area contributed by atoms with Crippen molar-refractivity contribution in [3.05, 3.63) is 63.0 Å². The van der Waals surface area contributed by atoms with Gasteiger partial charge in [0.2, 0.25) is 0 Å². The lowest BCUT2D eigenvalue weighted by Gasteiger charge is -2.12. The number of ether oxygens (including phenoxy) is 2. The number of amides is 1. The summed E-state index contributed by atoms with van der Waals surface area (Å²) in [5, 5.41) is 0. The zero-order valence-corrected chi connectivity index (χ0v) is 18.1. The summed E-state index contributed by atoms with van der Waals surface area (Å²) in [6, 6.07) is 13.6. The molecule has 0 atom stereocenters. The van der Waals surface area contributed by atoms with E-state index in [-0.39, 0.29) is 5.91 Å². The highest BCUT2D eigenvalue weighted by Gasteiger charge is 2.30. The van der Waals surface area contributed by atoms with E-state index in [2.05, 4.69) is 15.9 Å². The summed E-state index contributed by atoms with van der Waals surface area (Å²) in [4.78, 5) is 14.6. The first-order valence-corrected chi connectivity index (χ1v) is 10.3. The largest absolute Gasteiger partial charge is 0.493 e. The summed E-state index contributed by atoms with van der Waals surface area (Å²) in [7, 11) is 1.60. The van der Waals surface area contributed by atoms with E-state index in [0.717, 1.165) is 15.6 Å². The number of methoxy groups -OCH3 is 1. The van der Waals surface area contributed by atoms with Crippen LogP contribution in [0.5, 0.6) is 11.5 Å². The van der Waals surface area contributed by atoms with Crippen LogP contribution in [0.15, 0.2) is 51.8 Å². The number of likely N-dealkylation sites (N-methyl/N-ethyl adjacent to an activating group) is 1. The van der Waals surface area contributed by atoms with Gasteiger partial charge in [-0.2, -0.15) is 0 Å². The number of rotatable bonds is 6. The molecule has 1 aliphatic heterocycles. The van der Waals surface area contributed by atoms with Crippen molar-refractivity contribution >= 4 is 56.2 Å². The fourth-order valence-electron chi connectivity index (χ4n) is 2.56. The van der Waals surface area contributed by atoms with E-state index >= 15 is 0 Å². The van der Waals surface area contributed by atoms with E-state index in [1.807, 2.05) is 55.5 Å². The van der Waals surface area contributed by atoms with E-state index in [0.29, 0.717) is 33.9 Å². The van der Waals surface area contributed by atoms with E-state index in [1.165, 1.54) is 11.8 Å². The Morgan fingerprint density at radius 3 is 2.56 bits per heavy atom. The van der Waals surface area contributed by atoms with Crippen molar-refractivity contribution in [2.24, 2.45) is 0 Å². The Hall–Kier alpha value is -1.83. The molecule has 0 saturated carbocycles. The standard InChI is InChI=1S/C20H18BrNO3S2/c1-3-22-19(23)18(27-20(22)26)11-14-6-9-16(17(10-14)24-2)25-12-13-4-7-15(21)8-5-13/h4-11H,3,12H2,1-2H3/b18-11-. The number of nitrogens with zero attached hydrogens (tertiary/aromatic N) is 1. The molecule has 0 unspecified atom stereocenters. The van der Waals surface area contributed by atoms with Gasteiger partial charge in [0, 0.05) is 11.0 Å². The van der Waals surface area contributed by atoms with Crippen molar-refractivity contribution < 1.29 is 14.3 Å². The molecule has 1 fully saturated rings. The summed E-state index contributed by atoms with van der Waals surface area (Å²) in [5.41, 5.74) is 1.92. The third-order valence-corrected chi connectivity index (χ3v) is 5.89. The number of thioether (sulfide) groups is 1. The van der Waals surface area contributed by atoms with Crippen molar-refractivity contribution in [2.45, 2.75) is 13.5 Å². The number of carbonyl (C=O) groups excluding carboxylic acids is 1. The molecule has 4 nitrogen and oxygen atoms in total. The Labute approximate surface area is 176 Å². The van der Waals surface area contributed by atoms with Crippen LogP contribution in [0.1, 0.15) is 18.1 Å². The molecular weight excluding hydrogens is 446 g/mol. The normalized spacial score (nSPS) is 15.5. The highest BCUT2D eigenvalue weighted by atomic mass is 79.9. The molecule has 0 radical (unpaired) electrons. The topological polar surface area (TPSA) is 38.8 Å². The minimum absolute atomic E-state index is 0.0537. The maximum atomic E-state index is 12.3. The third kappa shape index (κ3) is 4.72. The molecule has 140 valence electrons. The molecule has 27 heavy (non-hydrogen) atoms. The van der Waals surface area contributed by atoms with Crippen molar-refractivity contribution in [1.82, 2.24) is 4.90 Å². The Morgan fingerprint density at radius 1 is 1.19 bits per heavy atom. The monoisotopic (exact) mass is 463 g/mol. The third-order valence-electron chi connectivity index (χ3n) is 3.98. The fraction of sp³-hybridized carbons (Fsp3) is 0.200. The predicted octanol–water partition coefficient (Wildman–Crippen LogP) is 5.26. The van der Waals surface area contributed by atoms with Gasteiger partial charge in [-0.25, -0.2) is 0 Å². The molecule has 7 heteroatoms. The van der Waals surface area contributed by atoms with Crippen molar-refractivity contribution in [3.63, 3.8) is 0 Å². The number of thiocarbonyl (C=S) groups is 1. The van der Waals surface area contributed by atoms with Crippen molar-refractivity contribution in [1.29, 1.82) is 0 Å². The highest BCUT2D eigenvalue weighted by Crippen LogP contribution is 2.34. The lowest BCUT2D eigenvalue weighted by molar-refractivity contribution is -0.121. The molecule has 1 amide bonds. The second-order valence-corrected chi connectivity index (χ2v) is 8.34. The van der Waals surface area contributed by atoms with Crippen LogP contribution in [0.2, 0.25) is 0 Å². The first-order valence-electron chi connectivity index (χ1n) is 8.32. The zero-order chi connectivity index (χ0) is 19.4. The molecule has 1 aliphatic rings. The maximum absolute atomic E-state index is 12.3. The highest BCUT2D eigenvalue weighted by molar-refractivity contribution is 9.10. The molecular formula is C20H18BrNO3S2. The Kier molecular flexibility index (Phi) is 6.57. The number of carbonyl (C=O) groups is 1. The lowest BCUT2D eigenvalue weighted by Crippen LogP contribution is -2.27. The zero-order valence-electron chi connectivity index (χ0n) is 14.9. The summed E-state index contributed by atoms with van der Waals surface area (Å²) < 4.78 is 13.0. The first-order chi connectivity index (χ1) is 13.0. The van der Waals surface area contributed by atoms with Crippen LogP contribution in [-0.2, 0) is 11.4 Å². The average molecular weight is 464 g/mol. The number of hydrogen-bond acceptors (Lipinski definition) is 5. The summed E-state index contributed by atoms with van der Waals surface area (Å²) >= 11 is 9.99. The van der Waals surface area contributed by atoms with Crippen LogP contribution in [0.3, 0.4) is 0 Å². The van der Waals surface area contributed by atoms with Crippen LogP contribution in [-0.4, -0.2) is 28.8 Å². The molecule has 1 heterocycles. The molecule has 3 rings (SSSR count). The molecule has 0 N–H and O–H groups in total. The van der Waals surface area contributed by atoms with Gasteiger partial charge in [0.15, 0.2) is 11.5 Å². The molecule has 1 saturated heterocycles. The molecule has 0 aromatic heterocycles. The molecule has 0 bridgehead atoms. The second-order valence-electron chi connectivity index (χ2n) is 5.75. The smallest absolute Gasteiger partial charge is 0.266 e. The number of benzene rings is 2. The van der Waals surface area contributed by atoms with Crippen LogP contribution in [0.25, 0.3) is 6.08 Å².